The molecule has 0 radical (unpaired) electrons. The maximum atomic E-state index is 13.8. The number of benzene rings is 2. The molecule has 0 amide bonds. The van der Waals surface area contributed by atoms with Gasteiger partial charge in [0.1, 0.15) is 11.6 Å². The summed E-state index contributed by atoms with van der Waals surface area (Å²) in [6.45, 7) is 0. The molecule has 0 aromatic heterocycles. The minimum atomic E-state index is -0.623. The Hall–Kier alpha value is -2.36. The van der Waals surface area contributed by atoms with Crippen LogP contribution in [-0.4, -0.2) is 12.9 Å². The SMILES string of the molecule is COc1ccc(C(=O)c2ccccc2N)c(F)c1. The van der Waals surface area contributed by atoms with Crippen LogP contribution in [0.1, 0.15) is 15.9 Å². The molecule has 18 heavy (non-hydrogen) atoms. The molecule has 0 saturated heterocycles. The van der Waals surface area contributed by atoms with Crippen molar-refractivity contribution in [2.45, 2.75) is 0 Å². The van der Waals surface area contributed by atoms with Crippen LogP contribution < -0.4 is 10.5 Å². The lowest BCUT2D eigenvalue weighted by Gasteiger charge is -2.07. The van der Waals surface area contributed by atoms with Crippen molar-refractivity contribution in [1.82, 2.24) is 0 Å². The third-order valence-electron chi connectivity index (χ3n) is 2.63. The summed E-state index contributed by atoms with van der Waals surface area (Å²) in [6, 6.07) is 10.7. The number of nitrogen functional groups attached to an aromatic ring is 1. The van der Waals surface area contributed by atoms with Crippen molar-refractivity contribution in [2.75, 3.05) is 12.8 Å². The number of carbonyl (C=O) groups is 1. The van der Waals surface area contributed by atoms with E-state index in [0.717, 1.165) is 0 Å². The van der Waals surface area contributed by atoms with Gasteiger partial charge in [-0.25, -0.2) is 4.39 Å². The predicted octanol–water partition coefficient (Wildman–Crippen LogP) is 2.65. The molecule has 0 unspecified atom stereocenters. The van der Waals surface area contributed by atoms with Gasteiger partial charge >= 0.3 is 0 Å². The molecule has 0 heterocycles. The zero-order chi connectivity index (χ0) is 13.1. The van der Waals surface area contributed by atoms with Crippen molar-refractivity contribution in [3.8, 4) is 5.75 Å². The number of hydrogen-bond donors (Lipinski definition) is 1. The van der Waals surface area contributed by atoms with Crippen LogP contribution >= 0.6 is 0 Å². The van der Waals surface area contributed by atoms with Crippen LogP contribution in [0.4, 0.5) is 10.1 Å². The van der Waals surface area contributed by atoms with Crippen molar-refractivity contribution in [3.05, 3.63) is 59.4 Å². The number of anilines is 1. The van der Waals surface area contributed by atoms with E-state index in [2.05, 4.69) is 0 Å². The first kappa shape index (κ1) is 12.1. The molecule has 0 fully saturated rings. The van der Waals surface area contributed by atoms with Crippen molar-refractivity contribution in [2.24, 2.45) is 0 Å². The van der Waals surface area contributed by atoms with E-state index < -0.39 is 11.6 Å². The van der Waals surface area contributed by atoms with Crippen molar-refractivity contribution in [3.63, 3.8) is 0 Å². The van der Waals surface area contributed by atoms with Gasteiger partial charge in [-0.3, -0.25) is 4.79 Å². The summed E-state index contributed by atoms with van der Waals surface area (Å²) >= 11 is 0. The Morgan fingerprint density at radius 1 is 1.17 bits per heavy atom. The van der Waals surface area contributed by atoms with Crippen molar-refractivity contribution < 1.29 is 13.9 Å². The minimum absolute atomic E-state index is 0.0197. The minimum Gasteiger partial charge on any atom is -0.497 e. The maximum Gasteiger partial charge on any atom is 0.198 e. The van der Waals surface area contributed by atoms with Crippen LogP contribution in [0.25, 0.3) is 0 Å². The number of ketones is 1. The summed E-state index contributed by atoms with van der Waals surface area (Å²) in [5.41, 5.74) is 6.30. The summed E-state index contributed by atoms with van der Waals surface area (Å²) in [7, 11) is 1.44. The Labute approximate surface area is 104 Å². The van der Waals surface area contributed by atoms with Crippen LogP contribution in [0.15, 0.2) is 42.5 Å². The number of carbonyl (C=O) groups excluding carboxylic acids is 1. The molecule has 0 saturated carbocycles. The van der Waals surface area contributed by atoms with Crippen LogP contribution in [0.2, 0.25) is 0 Å². The Kier molecular flexibility index (Phi) is 3.28. The molecule has 0 atom stereocenters. The van der Waals surface area contributed by atoms with E-state index in [1.807, 2.05) is 0 Å². The van der Waals surface area contributed by atoms with Gasteiger partial charge in [0.25, 0.3) is 0 Å². The fraction of sp³-hybridized carbons (Fsp3) is 0.0714. The van der Waals surface area contributed by atoms with Crippen LogP contribution in [0.5, 0.6) is 5.75 Å². The summed E-state index contributed by atoms with van der Waals surface area (Å²) in [5, 5.41) is 0. The van der Waals surface area contributed by atoms with Crippen molar-refractivity contribution in [1.29, 1.82) is 0 Å². The summed E-state index contributed by atoms with van der Waals surface area (Å²) in [4.78, 5) is 12.1. The fourth-order valence-electron chi connectivity index (χ4n) is 1.66. The molecule has 4 heteroatoms. The molecule has 0 aliphatic carbocycles. The Bertz CT molecular complexity index is 596. The molecule has 2 N–H and O–H groups in total. The third-order valence-corrected chi connectivity index (χ3v) is 2.63. The van der Waals surface area contributed by atoms with E-state index in [1.165, 1.54) is 25.3 Å². The van der Waals surface area contributed by atoms with E-state index in [0.29, 0.717) is 17.0 Å². The lowest BCUT2D eigenvalue weighted by molar-refractivity contribution is 0.103. The highest BCUT2D eigenvalue weighted by atomic mass is 19.1. The van der Waals surface area contributed by atoms with Gasteiger partial charge in [0.2, 0.25) is 0 Å². The number of rotatable bonds is 3. The normalized spacial score (nSPS) is 10.1. The van der Waals surface area contributed by atoms with Crippen molar-refractivity contribution >= 4 is 11.5 Å². The monoisotopic (exact) mass is 245 g/mol. The van der Waals surface area contributed by atoms with E-state index >= 15 is 0 Å². The second-order valence-corrected chi connectivity index (χ2v) is 3.76. The summed E-state index contributed by atoms with van der Waals surface area (Å²) < 4.78 is 18.6. The lowest BCUT2D eigenvalue weighted by atomic mass is 10.0. The second-order valence-electron chi connectivity index (χ2n) is 3.76. The number of para-hydroxylation sites is 1. The molecular formula is C14H12FNO2. The third kappa shape index (κ3) is 2.18. The van der Waals surface area contributed by atoms with E-state index in [1.54, 1.807) is 24.3 Å². The first-order valence-electron chi connectivity index (χ1n) is 5.36. The molecule has 0 aliphatic heterocycles. The maximum absolute atomic E-state index is 13.8. The average Bonchev–Trinajstić information content (AvgIpc) is 2.38. The summed E-state index contributed by atoms with van der Waals surface area (Å²) in [5.74, 6) is -0.694. The number of methoxy groups -OCH3 is 1. The largest absolute Gasteiger partial charge is 0.497 e. The van der Waals surface area contributed by atoms with E-state index in [4.69, 9.17) is 10.5 Å². The van der Waals surface area contributed by atoms with Gasteiger partial charge in [-0.2, -0.15) is 0 Å². The standard InChI is InChI=1S/C14H12FNO2/c1-18-9-6-7-10(12(15)8-9)14(17)11-4-2-3-5-13(11)16/h2-8H,16H2,1H3. The molecule has 0 spiro atoms. The first-order valence-corrected chi connectivity index (χ1v) is 5.36. The zero-order valence-corrected chi connectivity index (χ0v) is 9.81. The Morgan fingerprint density at radius 3 is 2.50 bits per heavy atom. The Morgan fingerprint density at radius 2 is 1.89 bits per heavy atom. The smallest absolute Gasteiger partial charge is 0.198 e. The summed E-state index contributed by atoms with van der Waals surface area (Å²) in [6.07, 6.45) is 0. The van der Waals surface area contributed by atoms with E-state index in [-0.39, 0.29) is 5.56 Å². The topological polar surface area (TPSA) is 52.3 Å². The van der Waals surface area contributed by atoms with Crippen LogP contribution in [0, 0.1) is 5.82 Å². The lowest BCUT2D eigenvalue weighted by Crippen LogP contribution is -2.07. The molecule has 2 aromatic rings. The highest BCUT2D eigenvalue weighted by molar-refractivity contribution is 6.12. The number of hydrogen-bond acceptors (Lipinski definition) is 3. The van der Waals surface area contributed by atoms with Gasteiger partial charge in [0.05, 0.1) is 12.7 Å². The van der Waals surface area contributed by atoms with Gasteiger partial charge in [0, 0.05) is 17.3 Å². The highest BCUT2D eigenvalue weighted by Gasteiger charge is 2.16. The zero-order valence-electron chi connectivity index (χ0n) is 9.81. The molecule has 3 nitrogen and oxygen atoms in total. The molecule has 2 aromatic carbocycles. The van der Waals surface area contributed by atoms with Gasteiger partial charge in [-0.1, -0.05) is 12.1 Å². The number of halogens is 1. The fourth-order valence-corrected chi connectivity index (χ4v) is 1.66. The quantitative estimate of drug-likeness (QED) is 0.668. The second kappa shape index (κ2) is 4.87. The van der Waals surface area contributed by atoms with Gasteiger partial charge in [0.15, 0.2) is 5.78 Å². The highest BCUT2D eigenvalue weighted by Crippen LogP contribution is 2.21. The number of ether oxygens (including phenoxy) is 1. The molecule has 2 rings (SSSR count). The first-order chi connectivity index (χ1) is 8.63. The predicted molar refractivity (Wildman–Crippen MR) is 67.2 cm³/mol. The van der Waals surface area contributed by atoms with Crippen LogP contribution in [-0.2, 0) is 0 Å². The van der Waals surface area contributed by atoms with Crippen LogP contribution in [0.3, 0.4) is 0 Å². The average molecular weight is 245 g/mol. The molecule has 92 valence electrons. The van der Waals surface area contributed by atoms with Gasteiger partial charge in [-0.05, 0) is 24.3 Å². The van der Waals surface area contributed by atoms with Gasteiger partial charge in [-0.15, -0.1) is 0 Å². The molecule has 0 bridgehead atoms. The van der Waals surface area contributed by atoms with E-state index in [9.17, 15) is 9.18 Å². The molecular weight excluding hydrogens is 233 g/mol. The molecule has 0 aliphatic rings. The Balaban J connectivity index is 2.44. The number of nitrogens with two attached hydrogens (primary N) is 1. The van der Waals surface area contributed by atoms with Gasteiger partial charge < -0.3 is 10.5 Å².